The van der Waals surface area contributed by atoms with Crippen molar-refractivity contribution in [3.8, 4) is 68.2 Å². The second-order valence-electron chi connectivity index (χ2n) is 30.7. The Morgan fingerprint density at radius 3 is 1.91 bits per heavy atom. The van der Waals surface area contributed by atoms with Crippen LogP contribution in [0.5, 0.6) is 46.0 Å². The molecule has 34 nitrogen and oxygen atoms in total. The number of phenolic OH excluding ortho intramolecular Hbond substituents is 3. The number of carbonyl (C=O) groups is 9. The summed E-state index contributed by atoms with van der Waals surface area (Å²) in [7, 11) is 0. The van der Waals surface area contributed by atoms with Crippen LogP contribution in [0.3, 0.4) is 0 Å². The van der Waals surface area contributed by atoms with E-state index in [0.717, 1.165) is 77.9 Å². The first-order chi connectivity index (χ1) is 56.9. The molecule has 0 aliphatic carbocycles. The van der Waals surface area contributed by atoms with Crippen LogP contribution in [0.2, 0.25) is 15.1 Å². The van der Waals surface area contributed by atoms with Crippen molar-refractivity contribution in [2.24, 2.45) is 23.3 Å². The summed E-state index contributed by atoms with van der Waals surface area (Å²) in [5.41, 5.74) is 10.2. The molecule has 14 rings (SSSR count). The quantitative estimate of drug-likeness (QED) is 0.0451. The molecular weight excluding hydrogens is 1630 g/mol. The molecule has 638 valence electrons. The van der Waals surface area contributed by atoms with E-state index in [1.165, 1.54) is 26.0 Å². The number of rotatable bonds is 20. The topological polar surface area (TPSA) is 553 Å². The third kappa shape index (κ3) is 19.7. The molecule has 2 fully saturated rings. The predicted octanol–water partition coefficient (Wildman–Crippen LogP) is 5.44. The predicted molar refractivity (Wildman–Crippen MR) is 424 cm³/mol. The molecule has 11 bridgehead atoms. The lowest BCUT2D eigenvalue weighted by atomic mass is 9.84. The molecule has 19 atom stereocenters. The number of fused-ring (bicyclic) bond motifs is 15. The summed E-state index contributed by atoms with van der Waals surface area (Å²) < 4.78 is 45.2. The number of aliphatic carboxylic acids is 2. The minimum absolute atomic E-state index is 0.0767. The number of amides is 5. The lowest BCUT2D eigenvalue weighted by Crippen LogP contribution is -2.66. The Morgan fingerprint density at radius 2 is 1.31 bits per heavy atom. The molecule has 5 amide bonds. The number of nitrogens with one attached hydrogen (secondary N) is 5. The van der Waals surface area contributed by atoms with Gasteiger partial charge in [0.05, 0.1) is 53.3 Å². The van der Waals surface area contributed by atoms with E-state index in [2.05, 4.69) is 26.6 Å². The number of nitrogens with two attached hydrogens (primary N) is 2. The molecule has 12 unspecified atom stereocenters. The van der Waals surface area contributed by atoms with E-state index >= 15 is 14.4 Å². The van der Waals surface area contributed by atoms with E-state index < -0.39 is 268 Å². The Kier molecular flexibility index (Phi) is 27.4. The first-order valence-electron chi connectivity index (χ1n) is 38.0. The third-order valence-corrected chi connectivity index (χ3v) is 22.4. The average Bonchev–Trinajstić information content (AvgIpc) is 0.766. The van der Waals surface area contributed by atoms with Crippen LogP contribution < -0.4 is 52.3 Å². The van der Waals surface area contributed by atoms with Gasteiger partial charge in [-0.3, -0.25) is 33.6 Å². The van der Waals surface area contributed by atoms with Crippen LogP contribution in [-0.4, -0.2) is 201 Å². The zero-order valence-corrected chi connectivity index (χ0v) is 66.8. The van der Waals surface area contributed by atoms with Crippen molar-refractivity contribution in [2.45, 2.75) is 176 Å². The molecule has 7 aliphatic rings. The highest BCUT2D eigenvalue weighted by atomic mass is 35.5. The Balaban J connectivity index is 1.00. The number of ketones is 2. The highest BCUT2D eigenvalue weighted by molar-refractivity contribution is 6.32. The fourth-order valence-electron chi connectivity index (χ4n) is 15.1. The summed E-state index contributed by atoms with van der Waals surface area (Å²) in [5, 5.41) is 140. The highest BCUT2D eigenvalue weighted by Gasteiger charge is 2.53. The van der Waals surface area contributed by atoms with Gasteiger partial charge in [0.15, 0.2) is 47.6 Å². The monoisotopic (exact) mass is 1720 g/mol. The van der Waals surface area contributed by atoms with E-state index in [1.807, 2.05) is 24.3 Å². The molecule has 7 heterocycles. The van der Waals surface area contributed by atoms with Gasteiger partial charge in [0.1, 0.15) is 77.4 Å². The van der Waals surface area contributed by atoms with Gasteiger partial charge < -0.3 is 127 Å². The van der Waals surface area contributed by atoms with Crippen LogP contribution in [0.25, 0.3) is 22.3 Å². The molecule has 0 spiro atoms. The first kappa shape index (κ1) is 88.6. The molecule has 20 N–H and O–H groups in total. The van der Waals surface area contributed by atoms with Gasteiger partial charge in [-0.15, -0.1) is 0 Å². The van der Waals surface area contributed by atoms with Crippen molar-refractivity contribution in [2.75, 3.05) is 13.2 Å². The first-order valence-corrected chi connectivity index (χ1v) is 39.1. The van der Waals surface area contributed by atoms with Crippen LogP contribution in [0, 0.1) is 11.8 Å². The number of aromatic hydroxyl groups is 3. The number of hydrogen-bond donors (Lipinski definition) is 18. The van der Waals surface area contributed by atoms with Gasteiger partial charge >= 0.3 is 11.9 Å². The molecule has 2 saturated heterocycles. The van der Waals surface area contributed by atoms with Crippen LogP contribution in [0.4, 0.5) is 0 Å². The lowest BCUT2D eigenvalue weighted by Gasteiger charge is -2.48. The van der Waals surface area contributed by atoms with Crippen LogP contribution in [0.15, 0.2) is 127 Å². The lowest BCUT2D eigenvalue weighted by molar-refractivity contribution is -0.334. The SMILES string of the molecule is CC(C)C[C@@H](N)C(=O)NC1C(=O)C[C@@H](CC(N)=O)C(=O)N[C@H]2C(=O)CC3C(=O)N[C@H](C(=O)N[C@@H](C(=O)O)c4cc(O)cc(O)c4-c4cc3ccc4O)[C@H](O)c3ccc(c(Cl)c3)Oc3cc2cc(c3OC2OC(CO)C(O)C(O)C2OC2CC(C)(NCC(OCc3ccc(-c4ccc(Cl)cc4)cc3)C(=O)O)C(O)C(C)O2)Oc2ccc(cc2Cl)[C@H]1O. The fourth-order valence-corrected chi connectivity index (χ4v) is 15.7. The minimum Gasteiger partial charge on any atom is -0.508 e. The zero-order chi connectivity index (χ0) is 86.8. The van der Waals surface area contributed by atoms with Crippen molar-refractivity contribution in [1.29, 1.82) is 0 Å². The summed E-state index contributed by atoms with van der Waals surface area (Å²) in [5.74, 6) is -20.9. The second-order valence-corrected chi connectivity index (χ2v) is 32.0. The third-order valence-electron chi connectivity index (χ3n) is 21.6. The minimum atomic E-state index is -2.29. The van der Waals surface area contributed by atoms with Crippen molar-refractivity contribution >= 4 is 87.8 Å². The number of hydrogen-bond acceptors (Lipinski definition) is 27. The van der Waals surface area contributed by atoms with Crippen LogP contribution in [0.1, 0.15) is 123 Å². The number of carboxylic acids is 2. The van der Waals surface area contributed by atoms with Gasteiger partial charge in [0.2, 0.25) is 41.6 Å². The van der Waals surface area contributed by atoms with E-state index in [-0.39, 0.29) is 52.8 Å². The van der Waals surface area contributed by atoms with Gasteiger partial charge in [-0.1, -0.05) is 103 Å². The number of aliphatic hydroxyl groups excluding tert-OH is 6. The number of halogens is 3. The number of carbonyl (C=O) groups excluding carboxylic acids is 7. The Hall–Kier alpha value is -10.6. The summed E-state index contributed by atoms with van der Waals surface area (Å²) in [6.45, 7) is 4.92. The van der Waals surface area contributed by atoms with Crippen molar-refractivity contribution in [3.63, 3.8) is 0 Å². The number of primary amides is 1. The van der Waals surface area contributed by atoms with E-state index in [4.69, 9.17) is 79.4 Å². The maximum atomic E-state index is 16.3. The summed E-state index contributed by atoms with van der Waals surface area (Å²) in [4.78, 5) is 131. The van der Waals surface area contributed by atoms with Crippen molar-refractivity contribution in [1.82, 2.24) is 26.6 Å². The Morgan fingerprint density at radius 1 is 0.683 bits per heavy atom. The fraction of sp³-hybridized carbons (Fsp3) is 0.386. The van der Waals surface area contributed by atoms with Gasteiger partial charge in [0.25, 0.3) is 0 Å². The molecule has 7 aliphatic heterocycles. The summed E-state index contributed by atoms with van der Waals surface area (Å²) in [6.07, 6.45) is -23.5. The summed E-state index contributed by atoms with van der Waals surface area (Å²) >= 11 is 20.4. The highest BCUT2D eigenvalue weighted by Crippen LogP contribution is 2.51. The van der Waals surface area contributed by atoms with E-state index in [0.29, 0.717) is 10.6 Å². The maximum Gasteiger partial charge on any atom is 0.334 e. The Labute approximate surface area is 699 Å². The number of Topliss-reactive ketones (excluding diaryl/α,β-unsaturated/α-hetero) is 2. The Bertz CT molecular complexity index is 5090. The number of ether oxygens (including phenoxy) is 7. The van der Waals surface area contributed by atoms with Crippen LogP contribution >= 0.6 is 34.8 Å². The molecule has 0 radical (unpaired) electrons. The van der Waals surface area contributed by atoms with Gasteiger partial charge in [-0.25, -0.2) is 9.59 Å². The van der Waals surface area contributed by atoms with E-state index in [1.54, 1.807) is 38.1 Å². The molecule has 7 aromatic carbocycles. The molecule has 0 saturated carbocycles. The molecule has 0 aromatic heterocycles. The van der Waals surface area contributed by atoms with Crippen LogP contribution in [-0.2, 0) is 68.7 Å². The molecule has 37 heteroatoms. The van der Waals surface area contributed by atoms with Gasteiger partial charge in [-0.05, 0) is 132 Å². The smallest absolute Gasteiger partial charge is 0.334 e. The van der Waals surface area contributed by atoms with Crippen molar-refractivity contribution in [3.05, 3.63) is 176 Å². The maximum absolute atomic E-state index is 16.3. The molecule has 7 aromatic rings. The standard InChI is InChI=1S/C83H88Cl3N7O27/c1-34(2)19-51(87)78(108)92-67-54(98)23-43(26-62(88)100)76(106)90-65-42-24-58(116-56-17-12-40(69(67)101)21-49(56)85)73(120-82-74(72(104)71(103)61(32-94)118-82)119-63-30-83(4,75(105)35(3)115-63)89-31-60(80(110)111)114-33-36-5-7-37(8-6-36)38-9-14-44(84)15-10-38)59(25-42)117-57-18-13-41(22-50(57)86)70(102)68-79(109)91-66(81(112)113)48-27-45(95)28-53(97)64(48)47-20-39(11-16-52(47)96)46(29-55(65)99)77(107)93-68/h5-18,20-22,24-25,27-28,34-35,43,46,51,60-61,63,65-72,74-75,82,89,94-97,101-105H,19,23,26,29-33,87H2,1-4H3,(H2,88,100)(H,90,106)(H,91,109)(H,92,108)(H,93,107)(H,110,111)(H,112,113)/t35?,43-,46?,51+,60?,61?,63?,65+,66+,67?,68-,69+,70+,71?,72?,74?,75?,82?,83?/m0/s1. The van der Waals surface area contributed by atoms with E-state index in [9.17, 15) is 84.9 Å². The summed E-state index contributed by atoms with van der Waals surface area (Å²) in [6, 6.07) is 18.0. The zero-order valence-electron chi connectivity index (χ0n) is 64.5. The normalized spacial score (nSPS) is 27.0. The second kappa shape index (κ2) is 37.1. The van der Waals surface area contributed by atoms with Crippen molar-refractivity contribution < 1.29 is 132 Å². The van der Waals surface area contributed by atoms with Gasteiger partial charge in [-0.2, -0.15) is 0 Å². The number of benzene rings is 7. The van der Waals surface area contributed by atoms with Gasteiger partial charge in [0, 0.05) is 65.5 Å². The average molecular weight is 1720 g/mol. The molecule has 120 heavy (non-hydrogen) atoms. The number of aliphatic hydroxyl groups is 6. The largest absolute Gasteiger partial charge is 0.508 e. The number of carboxylic acid groups (broad SMARTS) is 2. The molecular formula is C83H88Cl3N7O27. The number of phenols is 3.